The molecule has 1 heterocycles. The van der Waals surface area contributed by atoms with Gasteiger partial charge in [-0.15, -0.1) is 0 Å². The second-order valence-corrected chi connectivity index (χ2v) is 7.19. The molecule has 4 saturated carbocycles. The molecular formula is C17H21N3. The summed E-state index contributed by atoms with van der Waals surface area (Å²) in [6, 6.07) is 4.08. The summed E-state index contributed by atoms with van der Waals surface area (Å²) in [5.41, 5.74) is 8.83. The highest BCUT2D eigenvalue weighted by molar-refractivity contribution is 5.51. The largest absolute Gasteiger partial charge is 0.383 e. The highest BCUT2D eigenvalue weighted by Crippen LogP contribution is 2.59. The van der Waals surface area contributed by atoms with Gasteiger partial charge in [-0.1, -0.05) is 0 Å². The van der Waals surface area contributed by atoms with Crippen molar-refractivity contribution < 1.29 is 0 Å². The molecule has 1 aromatic heterocycles. The number of pyridine rings is 1. The fourth-order valence-corrected chi connectivity index (χ4v) is 5.44. The molecule has 0 amide bonds. The molecule has 2 N–H and O–H groups in total. The molecule has 20 heavy (non-hydrogen) atoms. The van der Waals surface area contributed by atoms with Crippen molar-refractivity contribution in [1.82, 2.24) is 4.98 Å². The van der Waals surface area contributed by atoms with Crippen molar-refractivity contribution in [1.29, 1.82) is 5.26 Å². The molecule has 4 aliphatic carbocycles. The highest BCUT2D eigenvalue weighted by Gasteiger charge is 2.49. The molecule has 0 atom stereocenters. The predicted octanol–water partition coefficient (Wildman–Crippen LogP) is 3.38. The molecule has 4 bridgehead atoms. The average Bonchev–Trinajstić information content (AvgIpc) is 2.41. The van der Waals surface area contributed by atoms with Crippen LogP contribution in [0, 0.1) is 41.9 Å². The van der Waals surface area contributed by atoms with Crippen molar-refractivity contribution in [3.63, 3.8) is 0 Å². The van der Waals surface area contributed by atoms with E-state index in [0.29, 0.717) is 17.3 Å². The van der Waals surface area contributed by atoms with Gasteiger partial charge in [-0.25, -0.2) is 4.98 Å². The van der Waals surface area contributed by atoms with Crippen LogP contribution in [0.2, 0.25) is 0 Å². The van der Waals surface area contributed by atoms with Gasteiger partial charge < -0.3 is 5.73 Å². The summed E-state index contributed by atoms with van der Waals surface area (Å²) in [4.78, 5) is 4.64. The van der Waals surface area contributed by atoms with Crippen LogP contribution < -0.4 is 5.73 Å². The molecule has 0 saturated heterocycles. The first-order chi connectivity index (χ1) is 9.65. The third-order valence-electron chi connectivity index (χ3n) is 5.94. The number of hydrogen-bond donors (Lipinski definition) is 1. The van der Waals surface area contributed by atoms with E-state index >= 15 is 0 Å². The lowest BCUT2D eigenvalue weighted by atomic mass is 9.51. The molecule has 4 aliphatic rings. The van der Waals surface area contributed by atoms with Gasteiger partial charge in [-0.05, 0) is 74.3 Å². The first kappa shape index (κ1) is 12.2. The summed E-state index contributed by atoms with van der Waals surface area (Å²) in [6.07, 6.45) is 7.02. The minimum Gasteiger partial charge on any atom is -0.383 e. The second kappa shape index (κ2) is 4.22. The monoisotopic (exact) mass is 267 g/mol. The van der Waals surface area contributed by atoms with Crippen LogP contribution in [0.5, 0.6) is 0 Å². The van der Waals surface area contributed by atoms with E-state index in [1.54, 1.807) is 0 Å². The van der Waals surface area contributed by atoms with Crippen LogP contribution in [0.1, 0.15) is 54.8 Å². The van der Waals surface area contributed by atoms with Crippen LogP contribution in [0.15, 0.2) is 6.07 Å². The SMILES string of the molecule is Cc1cc(C#N)c(N)nc1C1C2CC3CC(C2)CC1C3. The number of anilines is 1. The van der Waals surface area contributed by atoms with Crippen molar-refractivity contribution >= 4 is 5.82 Å². The van der Waals surface area contributed by atoms with Crippen molar-refractivity contribution in [3.8, 4) is 6.07 Å². The van der Waals surface area contributed by atoms with Crippen LogP contribution in [-0.4, -0.2) is 4.98 Å². The van der Waals surface area contributed by atoms with Gasteiger partial charge in [0.2, 0.25) is 0 Å². The van der Waals surface area contributed by atoms with Gasteiger partial charge in [0.05, 0.1) is 5.56 Å². The van der Waals surface area contributed by atoms with Gasteiger partial charge in [0.25, 0.3) is 0 Å². The molecule has 1 aromatic rings. The summed E-state index contributed by atoms with van der Waals surface area (Å²) >= 11 is 0. The molecule has 0 radical (unpaired) electrons. The zero-order valence-corrected chi connectivity index (χ0v) is 12.0. The summed E-state index contributed by atoms with van der Waals surface area (Å²) in [7, 11) is 0. The lowest BCUT2D eigenvalue weighted by Crippen LogP contribution is -2.44. The summed E-state index contributed by atoms with van der Waals surface area (Å²) in [5.74, 6) is 4.59. The topological polar surface area (TPSA) is 62.7 Å². The van der Waals surface area contributed by atoms with Gasteiger partial charge in [0.15, 0.2) is 0 Å². The van der Waals surface area contributed by atoms with Crippen LogP contribution in [0.25, 0.3) is 0 Å². The number of nitrogen functional groups attached to an aromatic ring is 1. The Hall–Kier alpha value is -1.56. The second-order valence-electron chi connectivity index (χ2n) is 7.19. The van der Waals surface area contributed by atoms with E-state index in [1.165, 1.54) is 37.8 Å². The molecule has 4 fully saturated rings. The van der Waals surface area contributed by atoms with Crippen molar-refractivity contribution in [2.45, 2.75) is 44.9 Å². The van der Waals surface area contributed by atoms with Crippen molar-refractivity contribution in [3.05, 3.63) is 22.9 Å². The zero-order valence-electron chi connectivity index (χ0n) is 12.0. The fourth-order valence-electron chi connectivity index (χ4n) is 5.44. The van der Waals surface area contributed by atoms with Gasteiger partial charge >= 0.3 is 0 Å². The molecule has 0 unspecified atom stereocenters. The smallest absolute Gasteiger partial charge is 0.141 e. The van der Waals surface area contributed by atoms with E-state index in [0.717, 1.165) is 29.2 Å². The molecular weight excluding hydrogens is 246 g/mol. The van der Waals surface area contributed by atoms with Crippen LogP contribution in [-0.2, 0) is 0 Å². The van der Waals surface area contributed by atoms with Crippen LogP contribution in [0.3, 0.4) is 0 Å². The number of aryl methyl sites for hydroxylation is 1. The molecule has 5 rings (SSSR count). The van der Waals surface area contributed by atoms with Crippen LogP contribution in [0.4, 0.5) is 5.82 Å². The van der Waals surface area contributed by atoms with Crippen molar-refractivity contribution in [2.75, 3.05) is 5.73 Å². The molecule has 104 valence electrons. The highest BCUT2D eigenvalue weighted by atomic mass is 14.9. The number of hydrogen-bond acceptors (Lipinski definition) is 3. The molecule has 3 nitrogen and oxygen atoms in total. The van der Waals surface area contributed by atoms with E-state index in [1.807, 2.05) is 6.07 Å². The molecule has 0 aromatic carbocycles. The Morgan fingerprint density at radius 3 is 2.30 bits per heavy atom. The Bertz CT molecular complexity index is 571. The molecule has 0 spiro atoms. The number of nitrogens with two attached hydrogens (primary N) is 1. The minimum absolute atomic E-state index is 0.418. The maximum absolute atomic E-state index is 9.08. The summed E-state index contributed by atoms with van der Waals surface area (Å²) in [5, 5.41) is 9.08. The van der Waals surface area contributed by atoms with E-state index in [2.05, 4.69) is 18.0 Å². The Kier molecular flexibility index (Phi) is 2.57. The number of nitrogens with zero attached hydrogens (tertiary/aromatic N) is 2. The Morgan fingerprint density at radius 1 is 1.15 bits per heavy atom. The zero-order chi connectivity index (χ0) is 13.9. The quantitative estimate of drug-likeness (QED) is 0.848. The summed E-state index contributed by atoms with van der Waals surface area (Å²) < 4.78 is 0. The average molecular weight is 267 g/mol. The van der Waals surface area contributed by atoms with Crippen LogP contribution >= 0.6 is 0 Å². The number of rotatable bonds is 1. The maximum atomic E-state index is 9.08. The lowest BCUT2D eigenvalue weighted by Gasteiger charge is -2.54. The first-order valence-corrected chi connectivity index (χ1v) is 7.82. The van der Waals surface area contributed by atoms with Gasteiger partial charge in [-0.3, -0.25) is 0 Å². The lowest BCUT2D eigenvalue weighted by molar-refractivity contribution is -0.00432. The first-order valence-electron chi connectivity index (χ1n) is 7.82. The van der Waals surface area contributed by atoms with Gasteiger partial charge in [0.1, 0.15) is 11.9 Å². The van der Waals surface area contributed by atoms with E-state index in [4.69, 9.17) is 11.0 Å². The van der Waals surface area contributed by atoms with E-state index in [9.17, 15) is 0 Å². The third-order valence-corrected chi connectivity index (χ3v) is 5.94. The van der Waals surface area contributed by atoms with E-state index in [-0.39, 0.29) is 0 Å². The third kappa shape index (κ3) is 1.67. The fraction of sp³-hybridized carbons (Fsp3) is 0.647. The standard InChI is InChI=1S/C17H21N3/c1-9-2-14(8-18)17(19)20-16(9)15-12-4-10-3-11(6-12)7-13(15)5-10/h2,10-13,15H,3-7H2,1H3,(H2,19,20). The van der Waals surface area contributed by atoms with Gasteiger partial charge in [0, 0.05) is 11.6 Å². The maximum Gasteiger partial charge on any atom is 0.141 e. The van der Waals surface area contributed by atoms with E-state index < -0.39 is 0 Å². The number of aromatic nitrogens is 1. The van der Waals surface area contributed by atoms with Crippen molar-refractivity contribution in [2.24, 2.45) is 23.7 Å². The predicted molar refractivity (Wildman–Crippen MR) is 77.9 cm³/mol. The van der Waals surface area contributed by atoms with Gasteiger partial charge in [-0.2, -0.15) is 5.26 Å². The molecule has 0 aliphatic heterocycles. The number of nitriles is 1. The Morgan fingerprint density at radius 2 is 1.75 bits per heavy atom. The summed E-state index contributed by atoms with van der Waals surface area (Å²) in [6.45, 7) is 2.09. The Labute approximate surface area is 120 Å². The molecule has 3 heteroatoms. The Balaban J connectivity index is 1.75. The minimum atomic E-state index is 0.418. The normalized spacial score (nSPS) is 37.9.